The van der Waals surface area contributed by atoms with Crippen LogP contribution in [-0.2, 0) is 19.0 Å². The van der Waals surface area contributed by atoms with E-state index in [1.807, 2.05) is 0 Å². The molecule has 0 saturated carbocycles. The van der Waals surface area contributed by atoms with Crippen LogP contribution in [0.4, 0.5) is 0 Å². The van der Waals surface area contributed by atoms with Crippen molar-refractivity contribution in [1.82, 2.24) is 10.6 Å². The van der Waals surface area contributed by atoms with E-state index in [0.29, 0.717) is 38.7 Å². The number of ether oxygens (including phenoxy) is 3. The normalized spacial score (nSPS) is 11.2. The molecule has 0 aromatic carbocycles. The fraction of sp³-hybridized carbons (Fsp3) is 0.833. The van der Waals surface area contributed by atoms with E-state index in [-0.39, 0.29) is 5.97 Å². The maximum atomic E-state index is 10.9. The van der Waals surface area contributed by atoms with Gasteiger partial charge in [-0.25, -0.2) is 0 Å². The lowest BCUT2D eigenvalue weighted by atomic mass is 10.4. The molecule has 0 aliphatic carbocycles. The minimum Gasteiger partial charge on any atom is -0.469 e. The van der Waals surface area contributed by atoms with Crippen molar-refractivity contribution in [2.45, 2.75) is 12.8 Å². The summed E-state index contributed by atoms with van der Waals surface area (Å²) in [5, 5.41) is 6.15. The van der Waals surface area contributed by atoms with Gasteiger partial charge in [-0.05, 0) is 6.42 Å². The summed E-state index contributed by atoms with van der Waals surface area (Å²) in [6.07, 6.45) is 1.19. The first-order chi connectivity index (χ1) is 9.24. The zero-order chi connectivity index (χ0) is 14.3. The van der Waals surface area contributed by atoms with E-state index in [1.54, 1.807) is 14.2 Å². The number of guanidine groups is 1. The van der Waals surface area contributed by atoms with Gasteiger partial charge in [-0.3, -0.25) is 9.79 Å². The van der Waals surface area contributed by atoms with Gasteiger partial charge in [0.2, 0.25) is 0 Å². The molecule has 2 N–H and O–H groups in total. The van der Waals surface area contributed by atoms with Crippen LogP contribution in [-0.4, -0.2) is 66.1 Å². The highest BCUT2D eigenvalue weighted by molar-refractivity contribution is 5.80. The first-order valence-corrected chi connectivity index (χ1v) is 6.32. The maximum absolute atomic E-state index is 10.9. The average Bonchev–Trinajstić information content (AvgIpc) is 2.44. The van der Waals surface area contributed by atoms with Crippen LogP contribution in [0.5, 0.6) is 0 Å². The molecular formula is C12H25N3O4. The van der Waals surface area contributed by atoms with Crippen molar-refractivity contribution in [3.05, 3.63) is 0 Å². The first-order valence-electron chi connectivity index (χ1n) is 6.32. The highest BCUT2D eigenvalue weighted by Crippen LogP contribution is 1.83. The lowest BCUT2D eigenvalue weighted by Gasteiger charge is -2.11. The van der Waals surface area contributed by atoms with E-state index in [0.717, 1.165) is 13.0 Å². The molecule has 0 aromatic heterocycles. The first kappa shape index (κ1) is 17.7. The lowest BCUT2D eigenvalue weighted by molar-refractivity contribution is -0.140. The molecule has 7 heteroatoms. The summed E-state index contributed by atoms with van der Waals surface area (Å²) in [5.41, 5.74) is 0. The lowest BCUT2D eigenvalue weighted by Crippen LogP contribution is -2.39. The van der Waals surface area contributed by atoms with Gasteiger partial charge < -0.3 is 24.8 Å². The third-order valence-corrected chi connectivity index (χ3v) is 2.26. The Labute approximate surface area is 114 Å². The molecule has 0 fully saturated rings. The van der Waals surface area contributed by atoms with Gasteiger partial charge in [-0.1, -0.05) is 0 Å². The van der Waals surface area contributed by atoms with Crippen LogP contribution in [0.15, 0.2) is 4.99 Å². The van der Waals surface area contributed by atoms with Gasteiger partial charge in [-0.15, -0.1) is 0 Å². The maximum Gasteiger partial charge on any atom is 0.307 e. The van der Waals surface area contributed by atoms with E-state index in [1.165, 1.54) is 7.11 Å². The van der Waals surface area contributed by atoms with E-state index >= 15 is 0 Å². The monoisotopic (exact) mass is 275 g/mol. The Bertz CT molecular complexity index is 259. The molecule has 112 valence electrons. The number of carbonyl (C=O) groups is 1. The second-order valence-corrected chi connectivity index (χ2v) is 3.71. The van der Waals surface area contributed by atoms with Crippen LogP contribution in [0.2, 0.25) is 0 Å². The number of esters is 1. The topological polar surface area (TPSA) is 81.2 Å². The molecule has 0 heterocycles. The Balaban J connectivity index is 3.47. The molecule has 0 aliphatic rings. The Morgan fingerprint density at radius 2 is 1.84 bits per heavy atom. The second kappa shape index (κ2) is 13.1. The number of rotatable bonds is 10. The minimum atomic E-state index is -0.241. The third-order valence-electron chi connectivity index (χ3n) is 2.26. The third kappa shape index (κ3) is 11.5. The minimum absolute atomic E-state index is 0.241. The number of carbonyl (C=O) groups excluding carboxylic acids is 1. The van der Waals surface area contributed by atoms with E-state index in [2.05, 4.69) is 20.4 Å². The van der Waals surface area contributed by atoms with Gasteiger partial charge in [0.15, 0.2) is 5.96 Å². The fourth-order valence-corrected chi connectivity index (χ4v) is 1.23. The van der Waals surface area contributed by atoms with Gasteiger partial charge in [0.05, 0.1) is 26.7 Å². The smallest absolute Gasteiger partial charge is 0.307 e. The molecule has 0 rings (SSSR count). The molecule has 0 spiro atoms. The molecule has 0 unspecified atom stereocenters. The van der Waals surface area contributed by atoms with Gasteiger partial charge in [0, 0.05) is 33.9 Å². The van der Waals surface area contributed by atoms with Crippen LogP contribution in [0, 0.1) is 0 Å². The molecule has 19 heavy (non-hydrogen) atoms. The van der Waals surface area contributed by atoms with Crippen molar-refractivity contribution in [3.8, 4) is 0 Å². The number of nitrogens with one attached hydrogen (secondary N) is 2. The van der Waals surface area contributed by atoms with Crippen molar-refractivity contribution in [1.29, 1.82) is 0 Å². The Morgan fingerprint density at radius 1 is 1.11 bits per heavy atom. The number of hydrogen-bond donors (Lipinski definition) is 2. The van der Waals surface area contributed by atoms with Crippen LogP contribution in [0.1, 0.15) is 12.8 Å². The number of hydrogen-bond acceptors (Lipinski definition) is 5. The van der Waals surface area contributed by atoms with E-state index < -0.39 is 0 Å². The SMILES string of the molecule is CN=C(NCCCOCCOC)NCCC(=O)OC. The second-order valence-electron chi connectivity index (χ2n) is 3.71. The van der Waals surface area contributed by atoms with Gasteiger partial charge in [0.1, 0.15) is 0 Å². The van der Waals surface area contributed by atoms with Crippen LogP contribution >= 0.6 is 0 Å². The Kier molecular flexibility index (Phi) is 12.2. The predicted octanol–water partition coefficient (Wildman–Crippen LogP) is -0.232. The zero-order valence-corrected chi connectivity index (χ0v) is 12.0. The van der Waals surface area contributed by atoms with Gasteiger partial charge in [0.25, 0.3) is 0 Å². The molecule has 0 atom stereocenters. The van der Waals surface area contributed by atoms with Gasteiger partial charge >= 0.3 is 5.97 Å². The summed E-state index contributed by atoms with van der Waals surface area (Å²) < 4.78 is 14.7. The average molecular weight is 275 g/mol. The highest BCUT2D eigenvalue weighted by atomic mass is 16.5. The summed E-state index contributed by atoms with van der Waals surface area (Å²) in [7, 11) is 4.70. The quantitative estimate of drug-likeness (QED) is 0.248. The Morgan fingerprint density at radius 3 is 2.47 bits per heavy atom. The molecular weight excluding hydrogens is 250 g/mol. The number of aliphatic imine (C=N–C) groups is 1. The number of methoxy groups -OCH3 is 2. The molecule has 0 amide bonds. The van der Waals surface area contributed by atoms with E-state index in [9.17, 15) is 4.79 Å². The summed E-state index contributed by atoms with van der Waals surface area (Å²) in [5.74, 6) is 0.426. The molecule has 0 bridgehead atoms. The van der Waals surface area contributed by atoms with Crippen molar-refractivity contribution < 1.29 is 19.0 Å². The van der Waals surface area contributed by atoms with Gasteiger partial charge in [-0.2, -0.15) is 0 Å². The van der Waals surface area contributed by atoms with Crippen LogP contribution in [0.25, 0.3) is 0 Å². The van der Waals surface area contributed by atoms with Crippen LogP contribution in [0.3, 0.4) is 0 Å². The standard InChI is InChI=1S/C12H25N3O4/c1-13-12(15-7-5-11(16)18-3)14-6-4-8-19-10-9-17-2/h4-10H2,1-3H3,(H2,13,14,15). The molecule has 0 radical (unpaired) electrons. The molecule has 0 aromatic rings. The summed E-state index contributed by atoms with van der Waals surface area (Å²) >= 11 is 0. The van der Waals surface area contributed by atoms with E-state index in [4.69, 9.17) is 9.47 Å². The predicted molar refractivity (Wildman–Crippen MR) is 73.3 cm³/mol. The van der Waals surface area contributed by atoms with Crippen LogP contribution < -0.4 is 10.6 Å². The summed E-state index contributed by atoms with van der Waals surface area (Å²) in [4.78, 5) is 15.0. The molecule has 7 nitrogen and oxygen atoms in total. The zero-order valence-electron chi connectivity index (χ0n) is 12.0. The molecule has 0 aliphatic heterocycles. The summed E-state index contributed by atoms with van der Waals surface area (Å²) in [6.45, 7) is 3.16. The fourth-order valence-electron chi connectivity index (χ4n) is 1.23. The van der Waals surface area contributed by atoms with Crippen molar-refractivity contribution in [2.75, 3.05) is 54.2 Å². The van der Waals surface area contributed by atoms with Crippen molar-refractivity contribution >= 4 is 11.9 Å². The number of nitrogens with zero attached hydrogens (tertiary/aromatic N) is 1. The van der Waals surface area contributed by atoms with Crippen molar-refractivity contribution in [2.24, 2.45) is 4.99 Å². The Hall–Kier alpha value is -1.34. The summed E-state index contributed by atoms with van der Waals surface area (Å²) in [6, 6.07) is 0. The van der Waals surface area contributed by atoms with Crippen molar-refractivity contribution in [3.63, 3.8) is 0 Å². The molecule has 0 saturated heterocycles. The highest BCUT2D eigenvalue weighted by Gasteiger charge is 2.01. The largest absolute Gasteiger partial charge is 0.469 e.